The largest absolute Gasteiger partial charge is 0.480 e. The number of nitrogens with zero attached hydrogens (tertiary/aromatic N) is 3. The first-order valence-electron chi connectivity index (χ1n) is 14.5. The van der Waals surface area contributed by atoms with Gasteiger partial charge in [0.25, 0.3) is 5.92 Å². The molecule has 1 aliphatic carbocycles. The van der Waals surface area contributed by atoms with E-state index in [-0.39, 0.29) is 35.7 Å². The summed E-state index contributed by atoms with van der Waals surface area (Å²) < 4.78 is 43.4. The molecule has 2 aromatic rings. The molecule has 5 rings (SSSR count). The van der Waals surface area contributed by atoms with E-state index in [9.17, 15) is 23.1 Å². The number of pyridine rings is 1. The number of benzene rings is 1. The summed E-state index contributed by atoms with van der Waals surface area (Å²) in [7, 11) is 0. The van der Waals surface area contributed by atoms with E-state index in [1.807, 2.05) is 6.07 Å². The molecule has 1 N–H and O–H groups in total. The summed E-state index contributed by atoms with van der Waals surface area (Å²) in [6.45, 7) is 3.80. The van der Waals surface area contributed by atoms with Crippen LogP contribution in [-0.2, 0) is 10.7 Å². The van der Waals surface area contributed by atoms with Gasteiger partial charge in [-0.05, 0) is 86.4 Å². The molecule has 1 saturated carbocycles. The van der Waals surface area contributed by atoms with E-state index in [1.54, 1.807) is 24.3 Å². The summed E-state index contributed by atoms with van der Waals surface area (Å²) in [4.78, 5) is 20.6. The van der Waals surface area contributed by atoms with Crippen LogP contribution in [0.5, 0.6) is 0 Å². The molecular formula is C31H40F3N3O2. The quantitative estimate of drug-likeness (QED) is 0.368. The molecule has 3 atom stereocenters. The van der Waals surface area contributed by atoms with Crippen molar-refractivity contribution in [1.29, 1.82) is 0 Å². The molecule has 39 heavy (non-hydrogen) atoms. The molecule has 8 heteroatoms. The maximum absolute atomic E-state index is 14.6. The minimum absolute atomic E-state index is 0.0683. The lowest BCUT2D eigenvalue weighted by atomic mass is 9.80. The molecule has 0 amide bonds. The minimum atomic E-state index is -2.91. The lowest BCUT2D eigenvalue weighted by Crippen LogP contribution is -2.43. The Labute approximate surface area is 229 Å². The lowest BCUT2D eigenvalue weighted by Gasteiger charge is -2.35. The van der Waals surface area contributed by atoms with Gasteiger partial charge < -0.3 is 10.0 Å². The highest BCUT2D eigenvalue weighted by Crippen LogP contribution is 2.39. The number of hydrogen-bond acceptors (Lipinski definition) is 4. The van der Waals surface area contributed by atoms with Gasteiger partial charge in [-0.2, -0.15) is 8.78 Å². The fourth-order valence-electron chi connectivity index (χ4n) is 6.79. The molecule has 1 unspecified atom stereocenters. The van der Waals surface area contributed by atoms with E-state index in [0.717, 1.165) is 50.9 Å². The highest BCUT2D eigenvalue weighted by atomic mass is 19.3. The zero-order valence-electron chi connectivity index (χ0n) is 22.5. The molecule has 212 valence electrons. The highest BCUT2D eigenvalue weighted by molar-refractivity contribution is 5.73. The van der Waals surface area contributed by atoms with Gasteiger partial charge in [-0.15, -0.1) is 0 Å². The number of carbonyl (C=O) groups is 1. The Morgan fingerprint density at radius 3 is 2.49 bits per heavy atom. The maximum Gasteiger partial charge on any atom is 0.320 e. The number of likely N-dealkylation sites (tertiary alicyclic amines) is 2. The van der Waals surface area contributed by atoms with Crippen LogP contribution >= 0.6 is 0 Å². The third-order valence-electron chi connectivity index (χ3n) is 9.36. The van der Waals surface area contributed by atoms with E-state index in [4.69, 9.17) is 0 Å². The third kappa shape index (κ3) is 7.01. The van der Waals surface area contributed by atoms with Crippen molar-refractivity contribution in [1.82, 2.24) is 14.8 Å². The zero-order valence-corrected chi connectivity index (χ0v) is 22.5. The van der Waals surface area contributed by atoms with Crippen molar-refractivity contribution < 1.29 is 23.1 Å². The van der Waals surface area contributed by atoms with Crippen LogP contribution in [-0.4, -0.2) is 64.6 Å². The normalized spacial score (nSPS) is 24.5. The van der Waals surface area contributed by atoms with Gasteiger partial charge in [0.2, 0.25) is 0 Å². The summed E-state index contributed by atoms with van der Waals surface area (Å²) in [5.74, 6) is -2.93. The van der Waals surface area contributed by atoms with Crippen LogP contribution < -0.4 is 0 Å². The Morgan fingerprint density at radius 1 is 1.05 bits per heavy atom. The van der Waals surface area contributed by atoms with Crippen LogP contribution in [0.2, 0.25) is 0 Å². The molecule has 3 heterocycles. The first kappa shape index (κ1) is 28.1. The van der Waals surface area contributed by atoms with Crippen molar-refractivity contribution in [3.8, 4) is 0 Å². The number of carboxylic acid groups (broad SMARTS) is 1. The molecular weight excluding hydrogens is 503 g/mol. The van der Waals surface area contributed by atoms with Crippen LogP contribution in [0.25, 0.3) is 0 Å². The predicted octanol–water partition coefficient (Wildman–Crippen LogP) is 6.16. The van der Waals surface area contributed by atoms with E-state index >= 15 is 0 Å². The summed E-state index contributed by atoms with van der Waals surface area (Å²) in [6, 6.07) is 10.9. The Kier molecular flexibility index (Phi) is 8.92. The van der Waals surface area contributed by atoms with Gasteiger partial charge in [-0.3, -0.25) is 14.7 Å². The van der Waals surface area contributed by atoms with Crippen molar-refractivity contribution in [2.24, 2.45) is 17.8 Å². The zero-order chi connectivity index (χ0) is 27.4. The SMILES string of the molecule is O=C(O)[C@@H](CC1CCC1)N1CC(CN2CCC(CCC(F)(F)c3ccccn3)CC2)[C@@H](c2cccc(F)c2)C1. The lowest BCUT2D eigenvalue weighted by molar-refractivity contribution is -0.144. The number of aromatic nitrogens is 1. The number of hydrogen-bond donors (Lipinski definition) is 1. The monoisotopic (exact) mass is 543 g/mol. The van der Waals surface area contributed by atoms with Crippen LogP contribution in [0.1, 0.15) is 68.5 Å². The van der Waals surface area contributed by atoms with Crippen LogP contribution in [0.4, 0.5) is 13.2 Å². The maximum atomic E-state index is 14.6. The molecule has 2 aliphatic heterocycles. The average molecular weight is 544 g/mol. The van der Waals surface area contributed by atoms with Gasteiger partial charge in [0.1, 0.15) is 17.6 Å². The predicted molar refractivity (Wildman–Crippen MR) is 144 cm³/mol. The third-order valence-corrected chi connectivity index (χ3v) is 9.36. The molecule has 1 aromatic heterocycles. The van der Waals surface area contributed by atoms with Gasteiger partial charge >= 0.3 is 5.97 Å². The molecule has 0 radical (unpaired) electrons. The van der Waals surface area contributed by atoms with Crippen molar-refractivity contribution >= 4 is 5.97 Å². The van der Waals surface area contributed by atoms with Gasteiger partial charge in [-0.1, -0.05) is 37.5 Å². The second kappa shape index (κ2) is 12.4. The van der Waals surface area contributed by atoms with E-state index < -0.39 is 17.9 Å². The van der Waals surface area contributed by atoms with E-state index in [2.05, 4.69) is 14.8 Å². The Balaban J connectivity index is 1.19. The van der Waals surface area contributed by atoms with E-state index in [0.29, 0.717) is 31.8 Å². The average Bonchev–Trinajstić information content (AvgIpc) is 3.31. The Bertz CT molecular complexity index is 1090. The number of rotatable bonds is 11. The number of aliphatic carboxylic acids is 1. The second-order valence-electron chi connectivity index (χ2n) is 12.0. The van der Waals surface area contributed by atoms with Crippen molar-refractivity contribution in [3.63, 3.8) is 0 Å². The van der Waals surface area contributed by atoms with Crippen LogP contribution in [0.15, 0.2) is 48.7 Å². The molecule has 2 saturated heterocycles. The summed E-state index contributed by atoms with van der Waals surface area (Å²) in [6.07, 6.45) is 7.53. The first-order valence-corrected chi connectivity index (χ1v) is 14.5. The van der Waals surface area contributed by atoms with Crippen molar-refractivity contribution in [3.05, 3.63) is 65.7 Å². The van der Waals surface area contributed by atoms with Gasteiger partial charge in [0.15, 0.2) is 0 Å². The van der Waals surface area contributed by atoms with Gasteiger partial charge in [-0.25, -0.2) is 4.39 Å². The Hall–Kier alpha value is -2.45. The van der Waals surface area contributed by atoms with Crippen molar-refractivity contribution in [2.45, 2.75) is 69.2 Å². The van der Waals surface area contributed by atoms with Crippen molar-refractivity contribution in [2.75, 3.05) is 32.7 Å². The standard InChI is InChI=1S/C31H40F3N3O2/c32-26-8-4-7-24(18-26)27-21-37(28(30(38)39)17-23-5-3-6-23)20-25(27)19-36-15-11-22(12-16-36)10-13-31(33,34)29-9-1-2-14-35-29/h1-2,4,7-9,14,18,22-23,25,27-28H,3,5-6,10-13,15-17,19-21H2,(H,38,39)/t25?,27-,28-/m1/s1. The topological polar surface area (TPSA) is 56.7 Å². The second-order valence-corrected chi connectivity index (χ2v) is 12.0. The number of carboxylic acids is 1. The molecule has 0 bridgehead atoms. The molecule has 0 spiro atoms. The molecule has 3 fully saturated rings. The minimum Gasteiger partial charge on any atom is -0.480 e. The summed E-state index contributed by atoms with van der Waals surface area (Å²) >= 11 is 0. The van der Waals surface area contributed by atoms with Gasteiger partial charge in [0.05, 0.1) is 0 Å². The number of alkyl halides is 2. The van der Waals surface area contributed by atoms with E-state index in [1.165, 1.54) is 24.8 Å². The molecule has 1 aromatic carbocycles. The van der Waals surface area contributed by atoms with Crippen LogP contribution in [0, 0.1) is 23.6 Å². The summed E-state index contributed by atoms with van der Waals surface area (Å²) in [5, 5.41) is 10.1. The first-order chi connectivity index (χ1) is 18.8. The highest BCUT2D eigenvalue weighted by Gasteiger charge is 2.42. The molecule has 3 aliphatic rings. The number of halogens is 3. The smallest absolute Gasteiger partial charge is 0.320 e. The fraction of sp³-hybridized carbons (Fsp3) is 0.613. The van der Waals surface area contributed by atoms with Crippen LogP contribution in [0.3, 0.4) is 0 Å². The fourth-order valence-corrected chi connectivity index (χ4v) is 6.79. The summed E-state index contributed by atoms with van der Waals surface area (Å²) in [5.41, 5.74) is 0.774. The van der Waals surface area contributed by atoms with Gasteiger partial charge in [0, 0.05) is 38.2 Å². The molecule has 5 nitrogen and oxygen atoms in total. The number of piperidine rings is 1. The Morgan fingerprint density at radius 2 is 1.85 bits per heavy atom.